The highest BCUT2D eigenvalue weighted by Crippen LogP contribution is 2.26. The Hall–Kier alpha value is -1.06. The summed E-state index contributed by atoms with van der Waals surface area (Å²) in [5, 5.41) is 2.02. The summed E-state index contributed by atoms with van der Waals surface area (Å²) in [6.07, 6.45) is 1.68. The van der Waals surface area contributed by atoms with Crippen molar-refractivity contribution in [3.8, 4) is 0 Å². The van der Waals surface area contributed by atoms with E-state index in [-0.39, 0.29) is 6.04 Å². The number of nitrogens with two attached hydrogens (primary N) is 1. The number of thiophene rings is 1. The average molecular weight is 193 g/mol. The molecule has 0 amide bonds. The van der Waals surface area contributed by atoms with Crippen LogP contribution in [0.2, 0.25) is 0 Å². The lowest BCUT2D eigenvalue weighted by molar-refractivity contribution is 0.489. The smallest absolute Gasteiger partial charge is 0.128 e. The summed E-state index contributed by atoms with van der Waals surface area (Å²) in [5.41, 5.74) is 7.13. The van der Waals surface area contributed by atoms with E-state index in [0.717, 1.165) is 16.2 Å². The third-order valence-corrected chi connectivity index (χ3v) is 2.99. The van der Waals surface area contributed by atoms with Gasteiger partial charge in [-0.05, 0) is 30.0 Å². The zero-order valence-electron chi connectivity index (χ0n) is 7.36. The van der Waals surface area contributed by atoms with Crippen LogP contribution in [-0.4, -0.2) is 0 Å². The minimum absolute atomic E-state index is 0.116. The van der Waals surface area contributed by atoms with Crippen molar-refractivity contribution in [3.05, 3.63) is 46.0 Å². The largest absolute Gasteiger partial charge is 0.467 e. The highest BCUT2D eigenvalue weighted by atomic mass is 32.1. The number of hydrogen-bond donors (Lipinski definition) is 1. The summed E-state index contributed by atoms with van der Waals surface area (Å²) in [5.74, 6) is 0.863. The van der Waals surface area contributed by atoms with E-state index >= 15 is 0 Å². The molecule has 0 saturated carbocycles. The summed E-state index contributed by atoms with van der Waals surface area (Å²) >= 11 is 1.65. The third-order valence-electron chi connectivity index (χ3n) is 2.03. The Labute approximate surface area is 81.0 Å². The minimum Gasteiger partial charge on any atom is -0.467 e. The van der Waals surface area contributed by atoms with Crippen LogP contribution in [0.1, 0.15) is 22.2 Å². The van der Waals surface area contributed by atoms with Crippen LogP contribution in [0.4, 0.5) is 0 Å². The minimum atomic E-state index is -0.116. The molecule has 0 aliphatic carbocycles. The van der Waals surface area contributed by atoms with E-state index in [1.807, 2.05) is 30.5 Å². The molecule has 0 aliphatic heterocycles. The standard InChI is InChI=1S/C10H11NOS/c1-7-4-5-12-10(7)9(11)8-3-2-6-13-8/h2-6,9H,11H2,1H3. The van der Waals surface area contributed by atoms with Gasteiger partial charge in [0.2, 0.25) is 0 Å². The van der Waals surface area contributed by atoms with Crippen molar-refractivity contribution in [2.75, 3.05) is 0 Å². The van der Waals surface area contributed by atoms with E-state index in [9.17, 15) is 0 Å². The molecule has 0 fully saturated rings. The monoisotopic (exact) mass is 193 g/mol. The zero-order chi connectivity index (χ0) is 9.26. The molecule has 2 aromatic heterocycles. The SMILES string of the molecule is Cc1ccoc1C(N)c1cccs1. The van der Waals surface area contributed by atoms with E-state index in [1.165, 1.54) is 0 Å². The van der Waals surface area contributed by atoms with Gasteiger partial charge in [-0.25, -0.2) is 0 Å². The predicted molar refractivity (Wildman–Crippen MR) is 53.8 cm³/mol. The number of hydrogen-bond acceptors (Lipinski definition) is 3. The van der Waals surface area contributed by atoms with Crippen molar-refractivity contribution < 1.29 is 4.42 Å². The van der Waals surface area contributed by atoms with Gasteiger partial charge >= 0.3 is 0 Å². The lowest BCUT2D eigenvalue weighted by Crippen LogP contribution is -2.10. The number of aryl methyl sites for hydroxylation is 1. The van der Waals surface area contributed by atoms with Crippen LogP contribution < -0.4 is 5.73 Å². The molecule has 0 aliphatic rings. The summed E-state index contributed by atoms with van der Waals surface area (Å²) in [7, 11) is 0. The van der Waals surface area contributed by atoms with Gasteiger partial charge < -0.3 is 10.2 Å². The summed E-state index contributed by atoms with van der Waals surface area (Å²) in [6, 6.07) is 5.84. The van der Waals surface area contributed by atoms with Crippen molar-refractivity contribution in [1.82, 2.24) is 0 Å². The topological polar surface area (TPSA) is 39.2 Å². The first-order chi connectivity index (χ1) is 6.29. The second-order valence-electron chi connectivity index (χ2n) is 2.96. The van der Waals surface area contributed by atoms with Gasteiger partial charge in [-0.1, -0.05) is 6.07 Å². The van der Waals surface area contributed by atoms with Crippen molar-refractivity contribution in [2.24, 2.45) is 5.73 Å². The first kappa shape index (κ1) is 8.53. The van der Waals surface area contributed by atoms with Crippen LogP contribution in [0.5, 0.6) is 0 Å². The fraction of sp³-hybridized carbons (Fsp3) is 0.200. The molecule has 0 saturated heterocycles. The van der Waals surface area contributed by atoms with Crippen LogP contribution in [0.3, 0.4) is 0 Å². The van der Waals surface area contributed by atoms with Crippen LogP contribution in [-0.2, 0) is 0 Å². The molecule has 3 heteroatoms. The van der Waals surface area contributed by atoms with Gasteiger partial charge in [-0.3, -0.25) is 0 Å². The molecule has 13 heavy (non-hydrogen) atoms. The van der Waals surface area contributed by atoms with Crippen molar-refractivity contribution in [3.63, 3.8) is 0 Å². The first-order valence-corrected chi connectivity index (χ1v) is 5.00. The molecule has 0 aromatic carbocycles. The van der Waals surface area contributed by atoms with E-state index in [0.29, 0.717) is 0 Å². The van der Waals surface area contributed by atoms with Gasteiger partial charge in [0.05, 0.1) is 12.3 Å². The fourth-order valence-electron chi connectivity index (χ4n) is 1.30. The molecule has 2 nitrogen and oxygen atoms in total. The normalized spacial score (nSPS) is 13.1. The first-order valence-electron chi connectivity index (χ1n) is 4.12. The van der Waals surface area contributed by atoms with Gasteiger partial charge in [-0.2, -0.15) is 0 Å². The second kappa shape index (κ2) is 3.36. The molecule has 1 unspecified atom stereocenters. The van der Waals surface area contributed by atoms with E-state index in [1.54, 1.807) is 17.6 Å². The van der Waals surface area contributed by atoms with E-state index in [4.69, 9.17) is 10.2 Å². The fourth-order valence-corrected chi connectivity index (χ4v) is 2.03. The third kappa shape index (κ3) is 1.53. The maximum atomic E-state index is 6.02. The van der Waals surface area contributed by atoms with Crippen molar-refractivity contribution >= 4 is 11.3 Å². The van der Waals surface area contributed by atoms with Gasteiger partial charge in [0, 0.05) is 4.88 Å². The molecular formula is C10H11NOS. The van der Waals surface area contributed by atoms with Gasteiger partial charge in [0.25, 0.3) is 0 Å². The Bertz CT molecular complexity index is 377. The van der Waals surface area contributed by atoms with Crippen LogP contribution in [0, 0.1) is 6.92 Å². The number of rotatable bonds is 2. The molecule has 0 radical (unpaired) electrons. The Morgan fingerprint density at radius 2 is 2.31 bits per heavy atom. The van der Waals surface area contributed by atoms with Crippen LogP contribution in [0.25, 0.3) is 0 Å². The lowest BCUT2D eigenvalue weighted by Gasteiger charge is -2.06. The lowest BCUT2D eigenvalue weighted by atomic mass is 10.1. The highest BCUT2D eigenvalue weighted by Gasteiger charge is 2.14. The molecule has 2 N–H and O–H groups in total. The molecule has 0 spiro atoms. The Balaban J connectivity index is 2.33. The Kier molecular flexibility index (Phi) is 2.20. The molecule has 2 aromatic rings. The molecule has 2 rings (SSSR count). The zero-order valence-corrected chi connectivity index (χ0v) is 8.17. The van der Waals surface area contributed by atoms with Gasteiger partial charge in [-0.15, -0.1) is 11.3 Å². The second-order valence-corrected chi connectivity index (χ2v) is 3.94. The summed E-state index contributed by atoms with van der Waals surface area (Å²) in [6.45, 7) is 2.01. The quantitative estimate of drug-likeness (QED) is 0.796. The van der Waals surface area contributed by atoms with Gasteiger partial charge in [0.15, 0.2) is 0 Å². The number of furan rings is 1. The molecule has 1 atom stereocenters. The summed E-state index contributed by atoms with van der Waals surface area (Å²) < 4.78 is 5.33. The Morgan fingerprint density at radius 1 is 1.46 bits per heavy atom. The summed E-state index contributed by atoms with van der Waals surface area (Å²) in [4.78, 5) is 1.14. The maximum Gasteiger partial charge on any atom is 0.128 e. The molecular weight excluding hydrogens is 182 g/mol. The molecule has 2 heterocycles. The van der Waals surface area contributed by atoms with Crippen LogP contribution in [0.15, 0.2) is 34.3 Å². The van der Waals surface area contributed by atoms with Crippen molar-refractivity contribution in [1.29, 1.82) is 0 Å². The van der Waals surface area contributed by atoms with Crippen molar-refractivity contribution in [2.45, 2.75) is 13.0 Å². The molecule has 0 bridgehead atoms. The molecule has 68 valence electrons. The van der Waals surface area contributed by atoms with Gasteiger partial charge in [0.1, 0.15) is 5.76 Å². The van der Waals surface area contributed by atoms with Crippen LogP contribution >= 0.6 is 11.3 Å². The predicted octanol–water partition coefficient (Wildman–Crippen LogP) is 2.70. The average Bonchev–Trinajstić information content (AvgIpc) is 2.72. The van der Waals surface area contributed by atoms with E-state index < -0.39 is 0 Å². The van der Waals surface area contributed by atoms with E-state index in [2.05, 4.69) is 0 Å². The highest BCUT2D eigenvalue weighted by molar-refractivity contribution is 7.10. The maximum absolute atomic E-state index is 6.02. The Morgan fingerprint density at radius 3 is 2.85 bits per heavy atom.